The predicted octanol–water partition coefficient (Wildman–Crippen LogP) is 8.17. The third-order valence-electron chi connectivity index (χ3n) is 14.1. The Bertz CT molecular complexity index is 1140. The minimum atomic E-state index is -1.78. The van der Waals surface area contributed by atoms with E-state index in [0.717, 1.165) is 57.8 Å². The Morgan fingerprint density at radius 2 is 0.851 bits per heavy atom. The lowest BCUT2D eigenvalue weighted by molar-refractivity contribution is -0.359. The van der Waals surface area contributed by atoms with Crippen LogP contribution in [0.4, 0.5) is 0 Å². The average Bonchev–Trinajstić information content (AvgIpc) is 3.32. The van der Waals surface area contributed by atoms with Gasteiger partial charge in [0.15, 0.2) is 12.6 Å². The normalized spacial score (nSPS) is 26.5. The molecule has 0 radical (unpaired) electrons. The Labute approximate surface area is 406 Å². The van der Waals surface area contributed by atoms with E-state index in [2.05, 4.69) is 19.2 Å². The smallest absolute Gasteiger partial charge is 0.220 e. The number of rotatable bonds is 44. The van der Waals surface area contributed by atoms with Crippen molar-refractivity contribution in [3.05, 3.63) is 0 Å². The summed E-state index contributed by atoms with van der Waals surface area (Å²) in [5.41, 5.74) is 0. The second-order valence-corrected chi connectivity index (χ2v) is 20.1. The first-order valence-electron chi connectivity index (χ1n) is 27.8. The number of nitrogens with one attached hydrogen (secondary N) is 1. The highest BCUT2D eigenvalue weighted by molar-refractivity contribution is 5.76. The summed E-state index contributed by atoms with van der Waals surface area (Å²) in [6.45, 7) is 2.78. The van der Waals surface area contributed by atoms with Gasteiger partial charge in [-0.15, -0.1) is 0 Å². The number of carbonyl (C=O) groups is 1. The van der Waals surface area contributed by atoms with Gasteiger partial charge in [-0.2, -0.15) is 0 Å². The summed E-state index contributed by atoms with van der Waals surface area (Å²) in [7, 11) is 0. The largest absolute Gasteiger partial charge is 0.394 e. The zero-order chi connectivity index (χ0) is 48.9. The molecule has 398 valence electrons. The lowest BCUT2D eigenvalue weighted by atomic mass is 9.97. The molecule has 0 aromatic heterocycles. The SMILES string of the molecule is CCCCCCCCCCCCCCCCCCCCCCCCCCCCCCC(=O)NC(COC1OC(CO)C(OC2OC(CO)C(O)C(O)C2O)C(O)C1O)C(O)CCCCCCC. The van der Waals surface area contributed by atoms with Crippen molar-refractivity contribution in [1.82, 2.24) is 5.32 Å². The molecule has 0 spiro atoms. The van der Waals surface area contributed by atoms with Crippen molar-refractivity contribution in [3.63, 3.8) is 0 Å². The van der Waals surface area contributed by atoms with Crippen molar-refractivity contribution < 1.29 is 64.6 Å². The molecule has 67 heavy (non-hydrogen) atoms. The molecular formula is C53H103NO13. The topological polar surface area (TPSA) is 228 Å². The Morgan fingerprint density at radius 1 is 0.478 bits per heavy atom. The van der Waals surface area contributed by atoms with Gasteiger partial charge in [-0.05, 0) is 12.8 Å². The summed E-state index contributed by atoms with van der Waals surface area (Å²) in [5.74, 6) is -0.209. The van der Waals surface area contributed by atoms with Gasteiger partial charge in [-0.1, -0.05) is 219 Å². The molecule has 12 unspecified atom stereocenters. The van der Waals surface area contributed by atoms with Gasteiger partial charge < -0.3 is 65.1 Å². The van der Waals surface area contributed by atoms with E-state index in [9.17, 15) is 45.6 Å². The molecule has 1 amide bonds. The molecule has 2 heterocycles. The maximum Gasteiger partial charge on any atom is 0.220 e. The Morgan fingerprint density at radius 3 is 1.27 bits per heavy atom. The average molecular weight is 962 g/mol. The lowest BCUT2D eigenvalue weighted by Crippen LogP contribution is -2.65. The first kappa shape index (κ1) is 62.1. The molecule has 2 aliphatic rings. The fourth-order valence-corrected chi connectivity index (χ4v) is 9.53. The van der Waals surface area contributed by atoms with Gasteiger partial charge in [0.1, 0.15) is 48.8 Å². The first-order chi connectivity index (χ1) is 32.6. The van der Waals surface area contributed by atoms with Crippen LogP contribution in [0, 0.1) is 0 Å². The second kappa shape index (κ2) is 40.6. The number of hydrogen-bond donors (Lipinski definition) is 9. The Hall–Kier alpha value is -1.01. The second-order valence-electron chi connectivity index (χ2n) is 20.1. The van der Waals surface area contributed by atoms with Gasteiger partial charge in [0.25, 0.3) is 0 Å². The molecule has 14 nitrogen and oxygen atoms in total. The number of amides is 1. The summed E-state index contributed by atoms with van der Waals surface area (Å²) in [5, 5.41) is 86.4. The van der Waals surface area contributed by atoms with E-state index in [1.165, 1.54) is 154 Å². The van der Waals surface area contributed by atoms with Crippen LogP contribution in [0.3, 0.4) is 0 Å². The van der Waals surface area contributed by atoms with E-state index in [1.54, 1.807) is 0 Å². The lowest BCUT2D eigenvalue weighted by Gasteiger charge is -2.46. The number of aliphatic hydroxyl groups excluding tert-OH is 8. The van der Waals surface area contributed by atoms with Crippen molar-refractivity contribution in [2.75, 3.05) is 19.8 Å². The number of carbonyl (C=O) groups excluding carboxylic acids is 1. The minimum absolute atomic E-state index is 0.209. The molecule has 0 bridgehead atoms. The summed E-state index contributed by atoms with van der Waals surface area (Å²) in [6.07, 6.45) is 26.3. The Kier molecular flexibility index (Phi) is 37.6. The number of aliphatic hydroxyl groups is 8. The van der Waals surface area contributed by atoms with Gasteiger partial charge >= 0.3 is 0 Å². The third-order valence-corrected chi connectivity index (χ3v) is 14.1. The van der Waals surface area contributed by atoms with Gasteiger partial charge in [-0.3, -0.25) is 4.79 Å². The highest BCUT2D eigenvalue weighted by atomic mass is 16.7. The molecular weight excluding hydrogens is 859 g/mol. The van der Waals surface area contributed by atoms with E-state index < -0.39 is 86.8 Å². The molecule has 2 aliphatic heterocycles. The van der Waals surface area contributed by atoms with Crippen LogP contribution in [0.15, 0.2) is 0 Å². The molecule has 14 heteroatoms. The highest BCUT2D eigenvalue weighted by Gasteiger charge is 2.51. The van der Waals surface area contributed by atoms with Crippen molar-refractivity contribution >= 4 is 5.91 Å². The minimum Gasteiger partial charge on any atom is -0.394 e. The number of hydrogen-bond acceptors (Lipinski definition) is 13. The molecule has 12 atom stereocenters. The Balaban J connectivity index is 1.58. The van der Waals surface area contributed by atoms with Crippen LogP contribution < -0.4 is 5.32 Å². The zero-order valence-electron chi connectivity index (χ0n) is 42.4. The van der Waals surface area contributed by atoms with Gasteiger partial charge in [0, 0.05) is 6.42 Å². The molecule has 0 aromatic rings. The molecule has 2 rings (SSSR count). The predicted molar refractivity (Wildman–Crippen MR) is 263 cm³/mol. The molecule has 2 fully saturated rings. The fraction of sp³-hybridized carbons (Fsp3) is 0.981. The summed E-state index contributed by atoms with van der Waals surface area (Å²) in [4.78, 5) is 13.1. The first-order valence-corrected chi connectivity index (χ1v) is 27.8. The standard InChI is InChI=1S/C53H103NO13/c1-3-5-7-9-10-11-12-13-14-15-16-17-18-19-20-21-22-23-24-25-26-27-28-29-30-31-33-35-37-45(58)54-41(42(57)36-34-32-8-6-4-2)40-64-52-50(63)48(61)51(44(39-56)66-52)67-53-49(62)47(60)46(59)43(38-55)65-53/h41-44,46-53,55-57,59-63H,3-40H2,1-2H3,(H,54,58). The van der Waals surface area contributed by atoms with E-state index in [-0.39, 0.29) is 12.5 Å². The molecule has 9 N–H and O–H groups in total. The van der Waals surface area contributed by atoms with E-state index in [4.69, 9.17) is 18.9 Å². The van der Waals surface area contributed by atoms with Gasteiger partial charge in [0.2, 0.25) is 5.91 Å². The van der Waals surface area contributed by atoms with E-state index in [1.807, 2.05) is 0 Å². The van der Waals surface area contributed by atoms with Crippen LogP contribution >= 0.6 is 0 Å². The van der Waals surface area contributed by atoms with Crippen molar-refractivity contribution in [2.24, 2.45) is 0 Å². The van der Waals surface area contributed by atoms with E-state index in [0.29, 0.717) is 12.8 Å². The van der Waals surface area contributed by atoms with Crippen LogP contribution in [0.25, 0.3) is 0 Å². The molecule has 0 aromatic carbocycles. The van der Waals surface area contributed by atoms with Crippen molar-refractivity contribution in [3.8, 4) is 0 Å². The van der Waals surface area contributed by atoms with Crippen LogP contribution in [-0.4, -0.2) is 140 Å². The molecule has 2 saturated heterocycles. The number of unbranched alkanes of at least 4 members (excludes halogenated alkanes) is 31. The van der Waals surface area contributed by atoms with Crippen molar-refractivity contribution in [2.45, 2.75) is 312 Å². The van der Waals surface area contributed by atoms with Crippen LogP contribution in [0.1, 0.15) is 239 Å². The maximum absolute atomic E-state index is 13.1. The van der Waals surface area contributed by atoms with Crippen LogP contribution in [0.2, 0.25) is 0 Å². The quantitative estimate of drug-likeness (QED) is 0.0263. The van der Waals surface area contributed by atoms with Gasteiger partial charge in [-0.25, -0.2) is 0 Å². The summed E-state index contributed by atoms with van der Waals surface area (Å²) >= 11 is 0. The monoisotopic (exact) mass is 962 g/mol. The number of ether oxygens (including phenoxy) is 4. The van der Waals surface area contributed by atoms with Crippen molar-refractivity contribution in [1.29, 1.82) is 0 Å². The highest BCUT2D eigenvalue weighted by Crippen LogP contribution is 2.30. The maximum atomic E-state index is 13.1. The summed E-state index contributed by atoms with van der Waals surface area (Å²) in [6, 6.07) is -0.818. The van der Waals surface area contributed by atoms with Gasteiger partial charge in [0.05, 0.1) is 32.0 Å². The molecule has 0 saturated carbocycles. The van der Waals surface area contributed by atoms with E-state index >= 15 is 0 Å². The van der Waals surface area contributed by atoms with Crippen LogP contribution in [0.5, 0.6) is 0 Å². The van der Waals surface area contributed by atoms with Crippen LogP contribution in [-0.2, 0) is 23.7 Å². The third kappa shape index (κ3) is 27.4. The fourth-order valence-electron chi connectivity index (χ4n) is 9.53. The zero-order valence-corrected chi connectivity index (χ0v) is 42.4. The summed E-state index contributed by atoms with van der Waals surface area (Å²) < 4.78 is 22.6. The molecule has 0 aliphatic carbocycles.